The number of rotatable bonds is 7. The number of carbonyl (C=O) groups is 1. The van der Waals surface area contributed by atoms with E-state index >= 15 is 0 Å². The van der Waals surface area contributed by atoms with E-state index in [9.17, 15) is 4.79 Å². The minimum atomic E-state index is -0.182. The third-order valence-corrected chi connectivity index (χ3v) is 4.77. The largest absolute Gasteiger partial charge is 0.493 e. The van der Waals surface area contributed by atoms with Crippen LogP contribution >= 0.6 is 23.4 Å². The average Bonchev–Trinajstić information content (AvgIpc) is 2.66. The molecule has 0 atom stereocenters. The third kappa shape index (κ3) is 5.55. The van der Waals surface area contributed by atoms with Gasteiger partial charge in [-0.1, -0.05) is 35.9 Å². The van der Waals surface area contributed by atoms with Gasteiger partial charge in [-0.05, 0) is 54.6 Å². The fraction of sp³-hybridized carbons (Fsp3) is 0.0952. The SMILES string of the molecule is O=C(Nc1cccc(Cl)c1)c1ccc(OCCSc2ccccc2)cc1. The van der Waals surface area contributed by atoms with Crippen LogP contribution in [-0.4, -0.2) is 18.3 Å². The molecule has 0 radical (unpaired) electrons. The highest BCUT2D eigenvalue weighted by molar-refractivity contribution is 7.99. The number of benzene rings is 3. The van der Waals surface area contributed by atoms with E-state index in [4.69, 9.17) is 16.3 Å². The second-order valence-corrected chi connectivity index (χ2v) is 7.10. The molecule has 0 bridgehead atoms. The van der Waals surface area contributed by atoms with Crippen molar-refractivity contribution in [2.45, 2.75) is 4.90 Å². The molecule has 1 N–H and O–H groups in total. The van der Waals surface area contributed by atoms with Gasteiger partial charge in [0.25, 0.3) is 5.91 Å². The van der Waals surface area contributed by atoms with E-state index in [1.807, 2.05) is 18.2 Å². The summed E-state index contributed by atoms with van der Waals surface area (Å²) < 4.78 is 5.73. The van der Waals surface area contributed by atoms with E-state index < -0.39 is 0 Å². The standard InChI is InChI=1S/C21H18ClNO2S/c22-17-5-4-6-18(15-17)23-21(24)16-9-11-19(12-10-16)25-13-14-26-20-7-2-1-3-8-20/h1-12,15H,13-14H2,(H,23,24). The summed E-state index contributed by atoms with van der Waals surface area (Å²) in [5.74, 6) is 1.43. The van der Waals surface area contributed by atoms with E-state index in [0.717, 1.165) is 11.5 Å². The Bertz CT molecular complexity index is 853. The molecule has 0 aliphatic heterocycles. The molecular formula is C21H18ClNO2S. The first-order valence-electron chi connectivity index (χ1n) is 8.18. The summed E-state index contributed by atoms with van der Waals surface area (Å²) in [6, 6.07) is 24.4. The van der Waals surface area contributed by atoms with Crippen molar-refractivity contribution in [2.24, 2.45) is 0 Å². The maximum Gasteiger partial charge on any atom is 0.255 e. The van der Waals surface area contributed by atoms with Gasteiger partial charge in [0, 0.05) is 26.9 Å². The zero-order chi connectivity index (χ0) is 18.2. The van der Waals surface area contributed by atoms with E-state index in [1.165, 1.54) is 4.90 Å². The van der Waals surface area contributed by atoms with Crippen LogP contribution in [-0.2, 0) is 0 Å². The zero-order valence-electron chi connectivity index (χ0n) is 14.0. The normalized spacial score (nSPS) is 10.3. The van der Waals surface area contributed by atoms with E-state index in [-0.39, 0.29) is 5.91 Å². The Balaban J connectivity index is 1.47. The molecule has 0 heterocycles. The molecule has 0 aromatic heterocycles. The van der Waals surface area contributed by atoms with Crippen molar-refractivity contribution in [3.05, 3.63) is 89.4 Å². The summed E-state index contributed by atoms with van der Waals surface area (Å²) in [6.45, 7) is 0.605. The summed E-state index contributed by atoms with van der Waals surface area (Å²) in [5.41, 5.74) is 1.23. The Morgan fingerprint density at radius 3 is 2.46 bits per heavy atom. The number of anilines is 1. The van der Waals surface area contributed by atoms with Crippen LogP contribution in [0.3, 0.4) is 0 Å². The molecule has 26 heavy (non-hydrogen) atoms. The molecule has 1 amide bonds. The van der Waals surface area contributed by atoms with Crippen molar-refractivity contribution in [3.8, 4) is 5.75 Å². The van der Waals surface area contributed by atoms with Crippen LogP contribution < -0.4 is 10.1 Å². The highest BCUT2D eigenvalue weighted by Gasteiger charge is 2.06. The van der Waals surface area contributed by atoms with Crippen LogP contribution in [0.15, 0.2) is 83.8 Å². The first-order valence-corrected chi connectivity index (χ1v) is 9.55. The lowest BCUT2D eigenvalue weighted by Crippen LogP contribution is -2.11. The van der Waals surface area contributed by atoms with Crippen LogP contribution in [0.25, 0.3) is 0 Å². The fourth-order valence-corrected chi connectivity index (χ4v) is 3.25. The average molecular weight is 384 g/mol. The van der Waals surface area contributed by atoms with Gasteiger partial charge >= 0.3 is 0 Å². The molecule has 0 spiro atoms. The van der Waals surface area contributed by atoms with Crippen LogP contribution in [0.4, 0.5) is 5.69 Å². The fourth-order valence-electron chi connectivity index (χ4n) is 2.31. The van der Waals surface area contributed by atoms with Crippen molar-refractivity contribution < 1.29 is 9.53 Å². The monoisotopic (exact) mass is 383 g/mol. The summed E-state index contributed by atoms with van der Waals surface area (Å²) >= 11 is 7.68. The zero-order valence-corrected chi connectivity index (χ0v) is 15.6. The van der Waals surface area contributed by atoms with Crippen molar-refractivity contribution >= 4 is 35.0 Å². The van der Waals surface area contributed by atoms with Crippen LogP contribution in [0.1, 0.15) is 10.4 Å². The highest BCUT2D eigenvalue weighted by atomic mass is 35.5. The molecule has 3 aromatic carbocycles. The van der Waals surface area contributed by atoms with Crippen LogP contribution in [0.5, 0.6) is 5.75 Å². The van der Waals surface area contributed by atoms with E-state index in [1.54, 1.807) is 60.3 Å². The number of hydrogen-bond donors (Lipinski definition) is 1. The minimum absolute atomic E-state index is 0.182. The van der Waals surface area contributed by atoms with Gasteiger partial charge in [0.1, 0.15) is 5.75 Å². The molecule has 3 nitrogen and oxygen atoms in total. The first-order chi connectivity index (χ1) is 12.7. The molecule has 0 fully saturated rings. The molecule has 0 aliphatic carbocycles. The number of carbonyl (C=O) groups excluding carboxylic acids is 1. The Kier molecular flexibility index (Phi) is 6.58. The molecule has 0 unspecified atom stereocenters. The van der Waals surface area contributed by atoms with Gasteiger partial charge in [0.15, 0.2) is 0 Å². The topological polar surface area (TPSA) is 38.3 Å². The van der Waals surface area contributed by atoms with Crippen molar-refractivity contribution in [2.75, 3.05) is 17.7 Å². The lowest BCUT2D eigenvalue weighted by Gasteiger charge is -2.08. The molecule has 0 aliphatic rings. The van der Waals surface area contributed by atoms with Gasteiger partial charge in [0.2, 0.25) is 0 Å². The quantitative estimate of drug-likeness (QED) is 0.416. The number of nitrogens with one attached hydrogen (secondary N) is 1. The highest BCUT2D eigenvalue weighted by Crippen LogP contribution is 2.19. The van der Waals surface area contributed by atoms with Crippen LogP contribution in [0.2, 0.25) is 5.02 Å². The predicted molar refractivity (Wildman–Crippen MR) is 109 cm³/mol. The number of ether oxygens (including phenoxy) is 1. The van der Waals surface area contributed by atoms with Gasteiger partial charge in [-0.15, -0.1) is 11.8 Å². The first kappa shape index (κ1) is 18.4. The molecule has 3 aromatic rings. The van der Waals surface area contributed by atoms with Crippen LogP contribution in [0, 0.1) is 0 Å². The summed E-state index contributed by atoms with van der Waals surface area (Å²) in [4.78, 5) is 13.5. The lowest BCUT2D eigenvalue weighted by atomic mass is 10.2. The second-order valence-electron chi connectivity index (χ2n) is 5.50. The molecule has 0 saturated carbocycles. The number of amides is 1. The van der Waals surface area contributed by atoms with Crippen molar-refractivity contribution in [1.29, 1.82) is 0 Å². The lowest BCUT2D eigenvalue weighted by molar-refractivity contribution is 0.102. The Morgan fingerprint density at radius 2 is 1.73 bits per heavy atom. The summed E-state index contributed by atoms with van der Waals surface area (Å²) in [6.07, 6.45) is 0. The Morgan fingerprint density at radius 1 is 0.962 bits per heavy atom. The minimum Gasteiger partial charge on any atom is -0.493 e. The smallest absolute Gasteiger partial charge is 0.255 e. The van der Waals surface area contributed by atoms with E-state index in [2.05, 4.69) is 17.4 Å². The van der Waals surface area contributed by atoms with Crippen molar-refractivity contribution in [1.82, 2.24) is 0 Å². The summed E-state index contributed by atoms with van der Waals surface area (Å²) in [5, 5.41) is 3.40. The van der Waals surface area contributed by atoms with Gasteiger partial charge in [-0.25, -0.2) is 0 Å². The Labute approximate surface area is 162 Å². The maximum atomic E-state index is 12.3. The Hall–Kier alpha value is -2.43. The van der Waals surface area contributed by atoms with Crippen molar-refractivity contribution in [3.63, 3.8) is 0 Å². The molecule has 3 rings (SSSR count). The molecule has 0 saturated heterocycles. The predicted octanol–water partition coefficient (Wildman–Crippen LogP) is 5.76. The number of thioether (sulfide) groups is 1. The number of hydrogen-bond acceptors (Lipinski definition) is 3. The van der Waals surface area contributed by atoms with Gasteiger partial charge in [0.05, 0.1) is 6.61 Å². The third-order valence-electron chi connectivity index (χ3n) is 3.56. The molecule has 5 heteroatoms. The van der Waals surface area contributed by atoms with Gasteiger partial charge in [-0.3, -0.25) is 4.79 Å². The van der Waals surface area contributed by atoms with Gasteiger partial charge in [-0.2, -0.15) is 0 Å². The maximum absolute atomic E-state index is 12.3. The number of halogens is 1. The molecular weight excluding hydrogens is 366 g/mol. The summed E-state index contributed by atoms with van der Waals surface area (Å²) in [7, 11) is 0. The van der Waals surface area contributed by atoms with Gasteiger partial charge < -0.3 is 10.1 Å². The van der Waals surface area contributed by atoms with E-state index in [0.29, 0.717) is 22.9 Å². The molecule has 132 valence electrons. The second kappa shape index (κ2) is 9.32.